The number of benzene rings is 1. The number of piperazine rings is 1. The molecule has 10 heteroatoms. The van der Waals surface area contributed by atoms with Gasteiger partial charge in [0.25, 0.3) is 11.8 Å². The molecule has 2 aliphatic heterocycles. The third-order valence-corrected chi connectivity index (χ3v) is 6.42. The summed E-state index contributed by atoms with van der Waals surface area (Å²) in [5.41, 5.74) is 0.257. The molecular weight excluding hydrogens is 447 g/mol. The van der Waals surface area contributed by atoms with Gasteiger partial charge in [-0.3, -0.25) is 14.9 Å². The maximum atomic E-state index is 14.0. The quantitative estimate of drug-likeness (QED) is 0.576. The summed E-state index contributed by atoms with van der Waals surface area (Å²) in [5, 5.41) is 2.84. The number of halogens is 3. The van der Waals surface area contributed by atoms with Gasteiger partial charge in [-0.25, -0.2) is 4.98 Å². The second kappa shape index (κ2) is 7.98. The number of amides is 2. The molecule has 4 heterocycles. The number of alkyl halides is 3. The molecule has 0 bridgehead atoms. The van der Waals surface area contributed by atoms with Gasteiger partial charge in [0.1, 0.15) is 5.82 Å². The van der Waals surface area contributed by atoms with E-state index in [1.807, 2.05) is 24.9 Å². The van der Waals surface area contributed by atoms with E-state index in [1.54, 1.807) is 18.3 Å². The summed E-state index contributed by atoms with van der Waals surface area (Å²) in [6, 6.07) is 6.72. The molecule has 2 aromatic heterocycles. The first kappa shape index (κ1) is 22.1. The van der Waals surface area contributed by atoms with E-state index in [-0.39, 0.29) is 16.7 Å². The van der Waals surface area contributed by atoms with Gasteiger partial charge in [-0.1, -0.05) is 18.2 Å². The first-order valence-electron chi connectivity index (χ1n) is 10.8. The minimum Gasteiger partial charge on any atom is -0.360 e. The predicted octanol–water partition coefficient (Wildman–Crippen LogP) is 3.21. The molecule has 0 saturated carbocycles. The lowest BCUT2D eigenvalue weighted by Crippen LogP contribution is -2.44. The van der Waals surface area contributed by atoms with Crippen LogP contribution in [0.4, 0.5) is 19.0 Å². The van der Waals surface area contributed by atoms with E-state index < -0.39 is 23.6 Å². The molecule has 3 aromatic rings. The largest absolute Gasteiger partial charge is 0.418 e. The number of nitrogens with one attached hydrogen (secondary N) is 2. The number of likely N-dealkylation sites (N-methyl/N-ethyl adjacent to an activating group) is 1. The van der Waals surface area contributed by atoms with Crippen LogP contribution in [0.3, 0.4) is 0 Å². The maximum Gasteiger partial charge on any atom is 0.418 e. The van der Waals surface area contributed by atoms with Gasteiger partial charge in [-0.2, -0.15) is 13.2 Å². The average Bonchev–Trinajstić information content (AvgIpc) is 3.33. The van der Waals surface area contributed by atoms with E-state index in [4.69, 9.17) is 0 Å². The van der Waals surface area contributed by atoms with Gasteiger partial charge in [-0.05, 0) is 25.6 Å². The Balaban J connectivity index is 1.74. The number of aromatic nitrogens is 2. The topological polar surface area (TPSA) is 81.3 Å². The van der Waals surface area contributed by atoms with Crippen molar-refractivity contribution in [2.75, 3.05) is 38.1 Å². The minimum absolute atomic E-state index is 0.0807. The normalized spacial score (nSPS) is 17.7. The highest BCUT2D eigenvalue weighted by Crippen LogP contribution is 2.41. The number of aromatic amines is 1. The molecule has 0 atom stereocenters. The zero-order chi connectivity index (χ0) is 24.2. The number of H-pyrrole nitrogens is 1. The summed E-state index contributed by atoms with van der Waals surface area (Å²) in [7, 11) is 1.97. The van der Waals surface area contributed by atoms with Gasteiger partial charge in [0.15, 0.2) is 0 Å². The second-order valence-electron chi connectivity index (χ2n) is 8.61. The maximum absolute atomic E-state index is 14.0. The average molecular weight is 469 g/mol. The number of rotatable bonds is 3. The fourth-order valence-electron chi connectivity index (χ4n) is 4.57. The van der Waals surface area contributed by atoms with Crippen LogP contribution < -0.4 is 10.2 Å². The third kappa shape index (κ3) is 3.63. The number of carbonyl (C=O) groups is 2. The summed E-state index contributed by atoms with van der Waals surface area (Å²) in [5.74, 6) is -1.25. The number of aryl methyl sites for hydroxylation is 1. The van der Waals surface area contributed by atoms with Crippen LogP contribution in [-0.4, -0.2) is 59.9 Å². The highest BCUT2D eigenvalue weighted by molar-refractivity contribution is 6.50. The molecular formula is C24H22F3N5O2. The number of fused-ring (bicyclic) bond motifs is 1. The number of pyridine rings is 1. The van der Waals surface area contributed by atoms with Gasteiger partial charge in [-0.15, -0.1) is 0 Å². The molecule has 176 valence electrons. The summed E-state index contributed by atoms with van der Waals surface area (Å²) in [6.07, 6.45) is -2.45. The highest BCUT2D eigenvalue weighted by atomic mass is 19.4. The van der Waals surface area contributed by atoms with E-state index in [2.05, 4.69) is 20.2 Å². The lowest BCUT2D eigenvalue weighted by molar-refractivity contribution is -0.138. The predicted molar refractivity (Wildman–Crippen MR) is 122 cm³/mol. The standard InChI is InChI=1S/C24H22F3N5O2/c1-13-4-3-5-14-16(11-29-21(13)14)20-19(22(33)30-23(20)34)15-10-18(28-12-17(15)24(25,26)27)32-8-6-31(2)7-9-32/h3-5,10-12,29H,6-9H2,1-2H3,(H,30,33,34). The highest BCUT2D eigenvalue weighted by Gasteiger charge is 2.41. The van der Waals surface area contributed by atoms with E-state index in [0.717, 1.165) is 30.4 Å². The van der Waals surface area contributed by atoms with Crippen LogP contribution in [-0.2, 0) is 15.8 Å². The van der Waals surface area contributed by atoms with Gasteiger partial charge in [0.2, 0.25) is 0 Å². The van der Waals surface area contributed by atoms with Crippen molar-refractivity contribution >= 4 is 39.7 Å². The van der Waals surface area contributed by atoms with Crippen LogP contribution in [0.2, 0.25) is 0 Å². The molecule has 1 fully saturated rings. The third-order valence-electron chi connectivity index (χ3n) is 6.42. The van der Waals surface area contributed by atoms with Crippen LogP contribution >= 0.6 is 0 Å². The van der Waals surface area contributed by atoms with Crippen molar-refractivity contribution in [3.63, 3.8) is 0 Å². The molecule has 0 unspecified atom stereocenters. The molecule has 2 amide bonds. The summed E-state index contributed by atoms with van der Waals surface area (Å²) >= 11 is 0. The number of imide groups is 1. The molecule has 7 nitrogen and oxygen atoms in total. The zero-order valence-electron chi connectivity index (χ0n) is 18.6. The van der Waals surface area contributed by atoms with Crippen LogP contribution in [0, 0.1) is 6.92 Å². The fraction of sp³-hybridized carbons (Fsp3) is 0.292. The van der Waals surface area contributed by atoms with E-state index >= 15 is 0 Å². The summed E-state index contributed by atoms with van der Waals surface area (Å²) in [6.45, 7) is 4.53. The lowest BCUT2D eigenvalue weighted by Gasteiger charge is -2.33. The Kier molecular flexibility index (Phi) is 5.20. The van der Waals surface area contributed by atoms with Crippen molar-refractivity contribution in [2.45, 2.75) is 13.1 Å². The molecule has 2 N–H and O–H groups in total. The summed E-state index contributed by atoms with van der Waals surface area (Å²) in [4.78, 5) is 36.9. The van der Waals surface area contributed by atoms with Crippen molar-refractivity contribution < 1.29 is 22.8 Å². The number of anilines is 1. The van der Waals surface area contributed by atoms with Gasteiger partial charge >= 0.3 is 6.18 Å². The molecule has 1 aromatic carbocycles. The number of hydrogen-bond donors (Lipinski definition) is 2. The Morgan fingerprint density at radius 3 is 2.35 bits per heavy atom. The molecule has 0 spiro atoms. The van der Waals surface area contributed by atoms with Crippen molar-refractivity contribution in [1.82, 2.24) is 20.2 Å². The van der Waals surface area contributed by atoms with E-state index in [0.29, 0.717) is 29.9 Å². The van der Waals surface area contributed by atoms with Crippen LogP contribution in [0.15, 0.2) is 36.7 Å². The smallest absolute Gasteiger partial charge is 0.360 e. The number of para-hydroxylation sites is 1. The first-order valence-corrected chi connectivity index (χ1v) is 10.8. The van der Waals surface area contributed by atoms with Crippen molar-refractivity contribution in [2.24, 2.45) is 0 Å². The Morgan fingerprint density at radius 1 is 1.00 bits per heavy atom. The molecule has 0 radical (unpaired) electrons. The Morgan fingerprint density at radius 2 is 1.68 bits per heavy atom. The number of hydrogen-bond acceptors (Lipinski definition) is 5. The second-order valence-corrected chi connectivity index (χ2v) is 8.61. The monoisotopic (exact) mass is 469 g/mol. The molecule has 34 heavy (non-hydrogen) atoms. The van der Waals surface area contributed by atoms with Crippen molar-refractivity contribution in [3.8, 4) is 0 Å². The van der Waals surface area contributed by atoms with E-state index in [1.165, 1.54) is 6.07 Å². The van der Waals surface area contributed by atoms with Crippen molar-refractivity contribution in [3.05, 3.63) is 58.9 Å². The minimum atomic E-state index is -4.76. The summed E-state index contributed by atoms with van der Waals surface area (Å²) < 4.78 is 42.1. The zero-order valence-corrected chi connectivity index (χ0v) is 18.6. The first-order chi connectivity index (χ1) is 16.1. The SMILES string of the molecule is Cc1cccc2c(C3=C(c4cc(N5CCN(C)CC5)ncc4C(F)(F)F)C(=O)NC3=O)c[nH]c12. The Hall–Kier alpha value is -3.66. The molecule has 5 rings (SSSR count). The van der Waals surface area contributed by atoms with Crippen LogP contribution in [0.5, 0.6) is 0 Å². The molecule has 2 aliphatic rings. The Bertz CT molecular complexity index is 1350. The number of nitrogens with zero attached hydrogens (tertiary/aromatic N) is 3. The van der Waals surface area contributed by atoms with Crippen LogP contribution in [0.25, 0.3) is 22.0 Å². The van der Waals surface area contributed by atoms with Crippen molar-refractivity contribution in [1.29, 1.82) is 0 Å². The Labute approximate surface area is 193 Å². The lowest BCUT2D eigenvalue weighted by atomic mass is 9.93. The van der Waals surface area contributed by atoms with Crippen LogP contribution in [0.1, 0.15) is 22.3 Å². The van der Waals surface area contributed by atoms with Gasteiger partial charge in [0, 0.05) is 60.6 Å². The van der Waals surface area contributed by atoms with E-state index in [9.17, 15) is 22.8 Å². The van der Waals surface area contributed by atoms with Gasteiger partial charge < -0.3 is 14.8 Å². The van der Waals surface area contributed by atoms with Gasteiger partial charge in [0.05, 0.1) is 16.7 Å². The molecule has 1 saturated heterocycles. The molecule has 0 aliphatic carbocycles. The fourth-order valence-corrected chi connectivity index (χ4v) is 4.57. The number of carbonyl (C=O) groups excluding carboxylic acids is 2.